The number of aliphatic hydroxyl groups excluding tert-OH is 1. The van der Waals surface area contributed by atoms with Gasteiger partial charge in [0.05, 0.1) is 25.3 Å². The Morgan fingerprint density at radius 3 is 2.81 bits per heavy atom. The number of carbonyl (C=O) groups is 1. The molecule has 2 atom stereocenters. The summed E-state index contributed by atoms with van der Waals surface area (Å²) < 4.78 is 28.2. The summed E-state index contributed by atoms with van der Waals surface area (Å²) >= 11 is 0. The Morgan fingerprint density at radius 2 is 2.14 bits per heavy atom. The molecule has 0 amide bonds. The van der Waals surface area contributed by atoms with Crippen LogP contribution < -0.4 is 4.72 Å². The zero-order valence-electron chi connectivity index (χ0n) is 11.5. The van der Waals surface area contributed by atoms with Crippen LogP contribution in [0.15, 0.2) is 17.3 Å². The lowest BCUT2D eigenvalue weighted by Crippen LogP contribution is -2.44. The van der Waals surface area contributed by atoms with Gasteiger partial charge in [-0.1, -0.05) is 12.8 Å². The molecule has 8 nitrogen and oxygen atoms in total. The first-order chi connectivity index (χ1) is 9.88. The van der Waals surface area contributed by atoms with Crippen LogP contribution in [-0.2, 0) is 21.4 Å². The van der Waals surface area contributed by atoms with Gasteiger partial charge in [0.25, 0.3) is 0 Å². The van der Waals surface area contributed by atoms with Gasteiger partial charge < -0.3 is 10.2 Å². The van der Waals surface area contributed by atoms with Crippen molar-refractivity contribution >= 4 is 16.0 Å². The van der Waals surface area contributed by atoms with Crippen molar-refractivity contribution < 1.29 is 23.4 Å². The van der Waals surface area contributed by atoms with Crippen LogP contribution in [0.3, 0.4) is 0 Å². The lowest BCUT2D eigenvalue weighted by atomic mass is 9.93. The highest BCUT2D eigenvalue weighted by molar-refractivity contribution is 7.89. The van der Waals surface area contributed by atoms with Gasteiger partial charge in [0.1, 0.15) is 4.90 Å². The molecule has 0 aliphatic heterocycles. The fraction of sp³-hybridized carbons (Fsp3) is 0.667. The normalized spacial score (nSPS) is 23.1. The Morgan fingerprint density at radius 1 is 1.43 bits per heavy atom. The molecule has 0 bridgehead atoms. The number of aryl methyl sites for hydroxylation is 1. The number of nitrogens with one attached hydrogen (secondary N) is 1. The summed E-state index contributed by atoms with van der Waals surface area (Å²) in [7, 11) is -3.75. The third kappa shape index (κ3) is 4.26. The number of carboxylic acids is 1. The molecule has 1 saturated carbocycles. The second-order valence-electron chi connectivity index (χ2n) is 5.16. The third-order valence-corrected chi connectivity index (χ3v) is 4.96. The highest BCUT2D eigenvalue weighted by Gasteiger charge is 2.28. The van der Waals surface area contributed by atoms with E-state index in [0.29, 0.717) is 12.8 Å². The number of aliphatic hydroxyl groups is 1. The van der Waals surface area contributed by atoms with Crippen LogP contribution in [0.25, 0.3) is 0 Å². The Bertz CT molecular complexity index is 598. The number of carboxylic acid groups (broad SMARTS) is 1. The zero-order valence-corrected chi connectivity index (χ0v) is 12.3. The van der Waals surface area contributed by atoms with E-state index in [2.05, 4.69) is 9.82 Å². The second kappa shape index (κ2) is 6.54. The Balaban J connectivity index is 2.03. The molecular formula is C12H19N3O5S. The summed E-state index contributed by atoms with van der Waals surface area (Å²) in [5.74, 6) is -0.974. The van der Waals surface area contributed by atoms with Crippen molar-refractivity contribution in [1.82, 2.24) is 14.5 Å². The fourth-order valence-corrected chi connectivity index (χ4v) is 3.59. The van der Waals surface area contributed by atoms with Gasteiger partial charge in [0, 0.05) is 12.2 Å². The largest absolute Gasteiger partial charge is 0.481 e. The molecular weight excluding hydrogens is 298 g/mol. The first-order valence-corrected chi connectivity index (χ1v) is 8.31. The molecule has 21 heavy (non-hydrogen) atoms. The number of aromatic nitrogens is 2. The van der Waals surface area contributed by atoms with Gasteiger partial charge in [-0.15, -0.1) is 0 Å². The van der Waals surface area contributed by atoms with Crippen molar-refractivity contribution in [2.45, 2.75) is 55.7 Å². The Kier molecular flexibility index (Phi) is 4.96. The summed E-state index contributed by atoms with van der Waals surface area (Å²) in [6, 6.07) is -0.480. The molecule has 2 rings (SSSR count). The highest BCUT2D eigenvalue weighted by Crippen LogP contribution is 2.20. The molecule has 3 N–H and O–H groups in total. The average molecular weight is 317 g/mol. The van der Waals surface area contributed by atoms with Crippen LogP contribution in [0.4, 0.5) is 0 Å². The Labute approximate surface area is 122 Å². The second-order valence-corrected chi connectivity index (χ2v) is 6.88. The van der Waals surface area contributed by atoms with Crippen LogP contribution in [0.1, 0.15) is 32.1 Å². The van der Waals surface area contributed by atoms with E-state index in [1.807, 2.05) is 0 Å². The van der Waals surface area contributed by atoms with Crippen LogP contribution >= 0.6 is 0 Å². The van der Waals surface area contributed by atoms with Crippen LogP contribution in [-0.4, -0.2) is 46.5 Å². The van der Waals surface area contributed by atoms with E-state index in [1.165, 1.54) is 17.1 Å². The maximum Gasteiger partial charge on any atom is 0.305 e. The van der Waals surface area contributed by atoms with E-state index in [1.54, 1.807) is 0 Å². The first-order valence-electron chi connectivity index (χ1n) is 6.83. The van der Waals surface area contributed by atoms with E-state index >= 15 is 0 Å². The number of aliphatic carboxylic acids is 1. The van der Waals surface area contributed by atoms with E-state index < -0.39 is 28.1 Å². The molecule has 1 aromatic rings. The molecule has 0 saturated heterocycles. The minimum absolute atomic E-state index is 0.0225. The zero-order chi connectivity index (χ0) is 15.5. The summed E-state index contributed by atoms with van der Waals surface area (Å²) in [6.45, 7) is 0.108. The molecule has 0 radical (unpaired) electrons. The Hall–Kier alpha value is -1.45. The minimum atomic E-state index is -3.75. The lowest BCUT2D eigenvalue weighted by Gasteiger charge is -2.27. The number of sulfonamides is 1. The molecule has 1 aliphatic rings. The predicted octanol–water partition coefficient (Wildman–Crippen LogP) is -0.0604. The van der Waals surface area contributed by atoms with Crippen molar-refractivity contribution in [3.8, 4) is 0 Å². The van der Waals surface area contributed by atoms with E-state index in [0.717, 1.165) is 12.8 Å². The van der Waals surface area contributed by atoms with Crippen molar-refractivity contribution in [1.29, 1.82) is 0 Å². The smallest absolute Gasteiger partial charge is 0.305 e. The maximum atomic E-state index is 12.2. The third-order valence-electron chi connectivity index (χ3n) is 3.51. The standard InChI is InChI=1S/C12H19N3O5S/c16-11-4-2-1-3-10(11)14-21(19,20)9-7-13-15(8-9)6-5-12(17)18/h7-8,10-11,14,16H,1-6H2,(H,17,18)/t10-,11-/m0/s1. The van der Waals surface area contributed by atoms with Crippen molar-refractivity contribution in [3.05, 3.63) is 12.4 Å². The summed E-state index contributed by atoms with van der Waals surface area (Å²) in [5, 5.41) is 22.2. The maximum absolute atomic E-state index is 12.2. The SMILES string of the molecule is O=C(O)CCn1cc(S(=O)(=O)N[C@H]2CCCC[C@@H]2O)cn1. The van der Waals surface area contributed by atoms with Gasteiger partial charge >= 0.3 is 5.97 Å². The number of hydrogen-bond donors (Lipinski definition) is 3. The van der Waals surface area contributed by atoms with Crippen LogP contribution in [0, 0.1) is 0 Å². The molecule has 1 aromatic heterocycles. The van der Waals surface area contributed by atoms with E-state index in [4.69, 9.17) is 5.11 Å². The molecule has 0 aromatic carbocycles. The molecule has 0 unspecified atom stereocenters. The van der Waals surface area contributed by atoms with Gasteiger partial charge in [-0.25, -0.2) is 13.1 Å². The van der Waals surface area contributed by atoms with Crippen LogP contribution in [0.5, 0.6) is 0 Å². The quantitative estimate of drug-likeness (QED) is 0.676. The molecule has 9 heteroatoms. The van der Waals surface area contributed by atoms with Crippen LogP contribution in [0.2, 0.25) is 0 Å². The van der Waals surface area contributed by atoms with Gasteiger partial charge in [0.2, 0.25) is 10.0 Å². The van der Waals surface area contributed by atoms with Crippen molar-refractivity contribution in [2.75, 3.05) is 0 Å². The van der Waals surface area contributed by atoms with Gasteiger partial charge in [-0.05, 0) is 12.8 Å². The van der Waals surface area contributed by atoms with E-state index in [9.17, 15) is 18.3 Å². The van der Waals surface area contributed by atoms with Gasteiger partial charge in [-0.2, -0.15) is 5.10 Å². The fourth-order valence-electron chi connectivity index (χ4n) is 2.33. The molecule has 118 valence electrons. The summed E-state index contributed by atoms with van der Waals surface area (Å²) in [4.78, 5) is 10.5. The number of hydrogen-bond acceptors (Lipinski definition) is 5. The average Bonchev–Trinajstić information content (AvgIpc) is 2.88. The summed E-state index contributed by atoms with van der Waals surface area (Å²) in [5.41, 5.74) is 0. The molecule has 1 fully saturated rings. The topological polar surface area (TPSA) is 122 Å². The minimum Gasteiger partial charge on any atom is -0.481 e. The van der Waals surface area contributed by atoms with Gasteiger partial charge in [0.15, 0.2) is 0 Å². The first kappa shape index (κ1) is 15.9. The molecule has 1 heterocycles. The lowest BCUT2D eigenvalue weighted by molar-refractivity contribution is -0.137. The number of nitrogens with zero attached hydrogens (tertiary/aromatic N) is 2. The van der Waals surface area contributed by atoms with Gasteiger partial charge in [-0.3, -0.25) is 9.48 Å². The highest BCUT2D eigenvalue weighted by atomic mass is 32.2. The molecule has 0 spiro atoms. The molecule has 1 aliphatic carbocycles. The van der Waals surface area contributed by atoms with Crippen molar-refractivity contribution in [3.63, 3.8) is 0 Å². The number of rotatable bonds is 6. The van der Waals surface area contributed by atoms with E-state index in [-0.39, 0.29) is 17.9 Å². The predicted molar refractivity (Wildman–Crippen MR) is 73.1 cm³/mol. The summed E-state index contributed by atoms with van der Waals surface area (Å²) in [6.07, 6.45) is 4.64. The van der Waals surface area contributed by atoms with Crippen molar-refractivity contribution in [2.24, 2.45) is 0 Å². The monoisotopic (exact) mass is 317 g/mol.